The van der Waals surface area contributed by atoms with E-state index in [0.29, 0.717) is 17.2 Å². The first-order chi connectivity index (χ1) is 7.50. The fourth-order valence-corrected chi connectivity index (χ4v) is 3.48. The highest BCUT2D eigenvalue weighted by Crippen LogP contribution is 2.39. The molecule has 1 aliphatic heterocycles. The monoisotopic (exact) mass is 223 g/mol. The van der Waals surface area contributed by atoms with E-state index in [1.165, 1.54) is 25.7 Å². The van der Waals surface area contributed by atoms with Gasteiger partial charge in [0.2, 0.25) is 0 Å². The molecular formula is C14H25NO. The van der Waals surface area contributed by atoms with E-state index in [0.717, 1.165) is 19.5 Å². The van der Waals surface area contributed by atoms with Gasteiger partial charge in [-0.05, 0) is 18.3 Å². The van der Waals surface area contributed by atoms with Crippen LogP contribution in [0.2, 0.25) is 0 Å². The molecule has 2 heteroatoms. The third-order valence-electron chi connectivity index (χ3n) is 4.59. The van der Waals surface area contributed by atoms with Gasteiger partial charge in [-0.1, -0.05) is 33.6 Å². The second-order valence-electron chi connectivity index (χ2n) is 6.36. The van der Waals surface area contributed by atoms with Crippen LogP contribution in [-0.4, -0.2) is 29.8 Å². The number of piperidine rings is 1. The minimum Gasteiger partial charge on any atom is -0.299 e. The minimum absolute atomic E-state index is 0.256. The SMILES string of the molecule is CC1CN(C2CCCCC2(C)C)CCC1=O. The van der Waals surface area contributed by atoms with Crippen LogP contribution in [0.5, 0.6) is 0 Å². The molecule has 0 aromatic heterocycles. The van der Waals surface area contributed by atoms with Crippen molar-refractivity contribution in [2.75, 3.05) is 13.1 Å². The zero-order valence-corrected chi connectivity index (χ0v) is 11.0. The van der Waals surface area contributed by atoms with Crippen LogP contribution in [0.4, 0.5) is 0 Å². The van der Waals surface area contributed by atoms with E-state index in [1.807, 2.05) is 0 Å². The lowest BCUT2D eigenvalue weighted by molar-refractivity contribution is -0.127. The molecule has 0 aromatic rings. The molecule has 2 rings (SSSR count). The van der Waals surface area contributed by atoms with Gasteiger partial charge in [-0.25, -0.2) is 0 Å². The maximum absolute atomic E-state index is 11.6. The maximum Gasteiger partial charge on any atom is 0.138 e. The molecule has 0 bridgehead atoms. The second-order valence-corrected chi connectivity index (χ2v) is 6.36. The third-order valence-corrected chi connectivity index (χ3v) is 4.59. The summed E-state index contributed by atoms with van der Waals surface area (Å²) >= 11 is 0. The zero-order chi connectivity index (χ0) is 11.8. The van der Waals surface area contributed by atoms with Gasteiger partial charge in [0.25, 0.3) is 0 Å². The molecule has 1 aliphatic carbocycles. The molecule has 0 amide bonds. The normalized spacial score (nSPS) is 36.3. The van der Waals surface area contributed by atoms with Crippen molar-refractivity contribution in [1.82, 2.24) is 4.90 Å². The topological polar surface area (TPSA) is 20.3 Å². The lowest BCUT2D eigenvalue weighted by Gasteiger charge is -2.47. The zero-order valence-electron chi connectivity index (χ0n) is 11.0. The van der Waals surface area contributed by atoms with Crippen molar-refractivity contribution in [3.8, 4) is 0 Å². The van der Waals surface area contributed by atoms with Crippen molar-refractivity contribution in [2.45, 2.75) is 58.9 Å². The number of hydrogen-bond donors (Lipinski definition) is 0. The molecule has 1 heterocycles. The fourth-order valence-electron chi connectivity index (χ4n) is 3.48. The molecule has 0 N–H and O–H groups in total. The lowest BCUT2D eigenvalue weighted by Crippen LogP contribution is -2.52. The molecular weight excluding hydrogens is 198 g/mol. The van der Waals surface area contributed by atoms with E-state index in [9.17, 15) is 4.79 Å². The Balaban J connectivity index is 2.03. The fraction of sp³-hybridized carbons (Fsp3) is 0.929. The Morgan fingerprint density at radius 2 is 2.06 bits per heavy atom. The molecule has 2 unspecified atom stereocenters. The Hall–Kier alpha value is -0.370. The number of carbonyl (C=O) groups excluding carboxylic acids is 1. The molecule has 0 aromatic carbocycles. The molecule has 16 heavy (non-hydrogen) atoms. The second kappa shape index (κ2) is 4.48. The number of nitrogens with zero attached hydrogens (tertiary/aromatic N) is 1. The Morgan fingerprint density at radius 1 is 1.31 bits per heavy atom. The van der Waals surface area contributed by atoms with Crippen LogP contribution < -0.4 is 0 Å². The number of Topliss-reactive ketones (excluding diaryl/α,β-unsaturated/α-hetero) is 1. The van der Waals surface area contributed by atoms with Gasteiger partial charge in [0.05, 0.1) is 0 Å². The van der Waals surface area contributed by atoms with Gasteiger partial charge in [-0.15, -0.1) is 0 Å². The summed E-state index contributed by atoms with van der Waals surface area (Å²) in [5.41, 5.74) is 0.443. The van der Waals surface area contributed by atoms with Gasteiger partial charge in [-0.3, -0.25) is 9.69 Å². The largest absolute Gasteiger partial charge is 0.299 e. The minimum atomic E-state index is 0.256. The highest BCUT2D eigenvalue weighted by Gasteiger charge is 2.38. The van der Waals surface area contributed by atoms with Crippen LogP contribution in [0.15, 0.2) is 0 Å². The van der Waals surface area contributed by atoms with E-state index < -0.39 is 0 Å². The van der Waals surface area contributed by atoms with Gasteiger partial charge in [-0.2, -0.15) is 0 Å². The van der Waals surface area contributed by atoms with Crippen molar-refractivity contribution in [3.05, 3.63) is 0 Å². The van der Waals surface area contributed by atoms with Crippen molar-refractivity contribution in [3.63, 3.8) is 0 Å². The van der Waals surface area contributed by atoms with Crippen molar-refractivity contribution in [2.24, 2.45) is 11.3 Å². The summed E-state index contributed by atoms with van der Waals surface area (Å²) in [4.78, 5) is 14.1. The van der Waals surface area contributed by atoms with E-state index in [-0.39, 0.29) is 5.92 Å². The molecule has 2 atom stereocenters. The molecule has 1 saturated carbocycles. The van der Waals surface area contributed by atoms with Crippen LogP contribution in [0.25, 0.3) is 0 Å². The quantitative estimate of drug-likeness (QED) is 0.681. The highest BCUT2D eigenvalue weighted by atomic mass is 16.1. The Kier molecular flexibility index (Phi) is 3.39. The van der Waals surface area contributed by atoms with Gasteiger partial charge in [0, 0.05) is 31.5 Å². The van der Waals surface area contributed by atoms with E-state index in [4.69, 9.17) is 0 Å². The van der Waals surface area contributed by atoms with E-state index in [1.54, 1.807) is 0 Å². The summed E-state index contributed by atoms with van der Waals surface area (Å²) in [7, 11) is 0. The number of carbonyl (C=O) groups is 1. The molecule has 0 spiro atoms. The smallest absolute Gasteiger partial charge is 0.138 e. The summed E-state index contributed by atoms with van der Waals surface area (Å²) in [5.74, 6) is 0.719. The summed E-state index contributed by atoms with van der Waals surface area (Å²) in [5, 5.41) is 0. The predicted molar refractivity (Wildman–Crippen MR) is 66.4 cm³/mol. The molecule has 2 aliphatic rings. The van der Waals surface area contributed by atoms with E-state index in [2.05, 4.69) is 25.7 Å². The van der Waals surface area contributed by atoms with Crippen molar-refractivity contribution in [1.29, 1.82) is 0 Å². The third kappa shape index (κ3) is 2.32. The number of rotatable bonds is 1. The average molecular weight is 223 g/mol. The Bertz CT molecular complexity index is 272. The van der Waals surface area contributed by atoms with Gasteiger partial charge in [0.15, 0.2) is 0 Å². The van der Waals surface area contributed by atoms with Crippen molar-refractivity contribution >= 4 is 5.78 Å². The summed E-state index contributed by atoms with van der Waals surface area (Å²) in [6, 6.07) is 0.705. The van der Waals surface area contributed by atoms with Crippen LogP contribution in [0.3, 0.4) is 0 Å². The first-order valence-electron chi connectivity index (χ1n) is 6.77. The van der Waals surface area contributed by atoms with E-state index >= 15 is 0 Å². The highest BCUT2D eigenvalue weighted by molar-refractivity contribution is 5.81. The predicted octanol–water partition coefficient (Wildman–Crippen LogP) is 2.87. The summed E-state index contributed by atoms with van der Waals surface area (Å²) < 4.78 is 0. The molecule has 2 nitrogen and oxygen atoms in total. The standard InChI is InChI=1S/C14H25NO/c1-11-10-15(9-7-12(11)16)13-6-4-5-8-14(13,2)3/h11,13H,4-10H2,1-3H3. The molecule has 0 radical (unpaired) electrons. The van der Waals surface area contributed by atoms with Crippen molar-refractivity contribution < 1.29 is 4.79 Å². The van der Waals surface area contributed by atoms with Crippen LogP contribution >= 0.6 is 0 Å². The number of likely N-dealkylation sites (tertiary alicyclic amines) is 1. The Morgan fingerprint density at radius 3 is 2.69 bits per heavy atom. The molecule has 1 saturated heterocycles. The van der Waals surface area contributed by atoms with Gasteiger partial charge >= 0.3 is 0 Å². The van der Waals surface area contributed by atoms with Crippen LogP contribution in [-0.2, 0) is 4.79 Å². The number of hydrogen-bond acceptors (Lipinski definition) is 2. The molecule has 2 fully saturated rings. The summed E-state index contributed by atoms with van der Waals surface area (Å²) in [6.45, 7) is 8.88. The van der Waals surface area contributed by atoms with Gasteiger partial charge in [0.1, 0.15) is 5.78 Å². The van der Waals surface area contributed by atoms with Crippen LogP contribution in [0, 0.1) is 11.3 Å². The Labute approximate surface area is 99.4 Å². The first-order valence-corrected chi connectivity index (χ1v) is 6.77. The maximum atomic E-state index is 11.6. The number of ketones is 1. The first kappa shape index (κ1) is 12.1. The van der Waals surface area contributed by atoms with Gasteiger partial charge < -0.3 is 0 Å². The molecule has 92 valence electrons. The van der Waals surface area contributed by atoms with Crippen LogP contribution in [0.1, 0.15) is 52.9 Å². The summed E-state index contributed by atoms with van der Waals surface area (Å²) in [6.07, 6.45) is 6.19. The lowest BCUT2D eigenvalue weighted by atomic mass is 9.72. The average Bonchev–Trinajstić information content (AvgIpc) is 2.22.